The van der Waals surface area contributed by atoms with E-state index in [-0.39, 0.29) is 5.78 Å². The Balaban J connectivity index is 2.05. The minimum atomic E-state index is 0.115. The minimum absolute atomic E-state index is 0.115. The van der Waals surface area contributed by atoms with E-state index >= 15 is 0 Å². The minimum Gasteiger partial charge on any atom is -0.288 e. The molecular formula is C17H14OS. The highest BCUT2D eigenvalue weighted by molar-refractivity contribution is 7.21. The molecular weight excluding hydrogens is 252 g/mol. The van der Waals surface area contributed by atoms with E-state index < -0.39 is 0 Å². The number of hydrogen-bond acceptors (Lipinski definition) is 2. The molecule has 0 fully saturated rings. The zero-order chi connectivity index (χ0) is 13.4. The topological polar surface area (TPSA) is 17.1 Å². The first kappa shape index (κ1) is 12.1. The molecule has 0 aliphatic carbocycles. The predicted octanol–water partition coefficient (Wildman–Crippen LogP) is 4.75. The zero-order valence-electron chi connectivity index (χ0n) is 10.9. The second-order valence-corrected chi connectivity index (χ2v) is 5.86. The molecule has 0 spiro atoms. The van der Waals surface area contributed by atoms with Crippen molar-refractivity contribution in [2.45, 2.75) is 13.8 Å². The van der Waals surface area contributed by atoms with Gasteiger partial charge in [-0.05, 0) is 48.6 Å². The number of fused-ring (bicyclic) bond motifs is 1. The Morgan fingerprint density at radius 1 is 0.947 bits per heavy atom. The maximum Gasteiger partial charge on any atom is 0.202 e. The van der Waals surface area contributed by atoms with Gasteiger partial charge in [0.25, 0.3) is 0 Å². The van der Waals surface area contributed by atoms with Crippen molar-refractivity contribution in [1.82, 2.24) is 0 Å². The fourth-order valence-electron chi connectivity index (χ4n) is 2.12. The normalized spacial score (nSPS) is 10.8. The molecule has 1 aromatic heterocycles. The molecule has 0 unspecified atom stereocenters. The van der Waals surface area contributed by atoms with Gasteiger partial charge in [-0.2, -0.15) is 0 Å². The van der Waals surface area contributed by atoms with Crippen LogP contribution in [0.3, 0.4) is 0 Å². The van der Waals surface area contributed by atoms with Gasteiger partial charge >= 0.3 is 0 Å². The Labute approximate surface area is 116 Å². The first-order chi connectivity index (χ1) is 9.15. The largest absolute Gasteiger partial charge is 0.288 e. The molecule has 0 N–H and O–H groups in total. The van der Waals surface area contributed by atoms with Crippen LogP contribution in [0.25, 0.3) is 10.1 Å². The van der Waals surface area contributed by atoms with Gasteiger partial charge in [0, 0.05) is 10.3 Å². The monoisotopic (exact) mass is 266 g/mol. The van der Waals surface area contributed by atoms with Crippen molar-refractivity contribution in [2.75, 3.05) is 0 Å². The quantitative estimate of drug-likeness (QED) is 0.612. The molecule has 0 radical (unpaired) electrons. The summed E-state index contributed by atoms with van der Waals surface area (Å²) in [6.07, 6.45) is 0. The summed E-state index contributed by atoms with van der Waals surface area (Å²) >= 11 is 1.56. The lowest BCUT2D eigenvalue weighted by molar-refractivity contribution is 0.104. The number of benzene rings is 2. The molecule has 0 atom stereocenters. The Hall–Kier alpha value is -1.93. The third kappa shape index (κ3) is 2.20. The smallest absolute Gasteiger partial charge is 0.202 e. The Morgan fingerprint density at radius 3 is 2.47 bits per heavy atom. The van der Waals surface area contributed by atoms with Gasteiger partial charge in [-0.25, -0.2) is 0 Å². The first-order valence-electron chi connectivity index (χ1n) is 6.26. The fraction of sp³-hybridized carbons (Fsp3) is 0.118. The molecule has 3 aromatic rings. The molecule has 94 valence electrons. The summed E-state index contributed by atoms with van der Waals surface area (Å²) < 4.78 is 1.16. The number of carbonyl (C=O) groups excluding carboxylic acids is 1. The third-order valence-electron chi connectivity index (χ3n) is 3.42. The van der Waals surface area contributed by atoms with Crippen molar-refractivity contribution < 1.29 is 4.79 Å². The average Bonchev–Trinajstić information content (AvgIpc) is 2.85. The van der Waals surface area contributed by atoms with Gasteiger partial charge in [-0.1, -0.05) is 30.3 Å². The molecule has 2 aromatic carbocycles. The van der Waals surface area contributed by atoms with Gasteiger partial charge in [-0.15, -0.1) is 11.3 Å². The van der Waals surface area contributed by atoms with Crippen LogP contribution in [-0.4, -0.2) is 5.78 Å². The van der Waals surface area contributed by atoms with Crippen LogP contribution in [0, 0.1) is 13.8 Å². The van der Waals surface area contributed by atoms with Crippen LogP contribution >= 0.6 is 11.3 Å². The SMILES string of the molecule is Cc1ccc(C(=O)c2cc3ccccc3s2)cc1C. The number of rotatable bonds is 2. The van der Waals surface area contributed by atoms with Gasteiger partial charge in [0.15, 0.2) is 0 Å². The van der Waals surface area contributed by atoms with E-state index in [1.54, 1.807) is 11.3 Å². The summed E-state index contributed by atoms with van der Waals surface area (Å²) in [6, 6.07) is 16.0. The van der Waals surface area contributed by atoms with Crippen molar-refractivity contribution in [1.29, 1.82) is 0 Å². The molecule has 0 bridgehead atoms. The van der Waals surface area contributed by atoms with Crippen LogP contribution in [0.4, 0.5) is 0 Å². The molecule has 1 nitrogen and oxygen atoms in total. The lowest BCUT2D eigenvalue weighted by Gasteiger charge is -2.02. The van der Waals surface area contributed by atoms with E-state index in [0.29, 0.717) is 0 Å². The van der Waals surface area contributed by atoms with E-state index in [0.717, 1.165) is 26.1 Å². The highest BCUT2D eigenvalue weighted by Crippen LogP contribution is 2.27. The number of carbonyl (C=O) groups is 1. The summed E-state index contributed by atoms with van der Waals surface area (Å²) in [5.41, 5.74) is 3.15. The van der Waals surface area contributed by atoms with Crippen LogP contribution in [0.2, 0.25) is 0 Å². The van der Waals surface area contributed by atoms with E-state index in [1.807, 2.05) is 49.4 Å². The predicted molar refractivity (Wildman–Crippen MR) is 81.2 cm³/mol. The maximum atomic E-state index is 12.5. The fourth-order valence-corrected chi connectivity index (χ4v) is 3.14. The van der Waals surface area contributed by atoms with E-state index in [9.17, 15) is 4.79 Å². The van der Waals surface area contributed by atoms with Crippen LogP contribution in [0.1, 0.15) is 26.4 Å². The summed E-state index contributed by atoms with van der Waals surface area (Å²) in [4.78, 5) is 13.3. The lowest BCUT2D eigenvalue weighted by atomic mass is 10.0. The van der Waals surface area contributed by atoms with Gasteiger partial charge in [0.05, 0.1) is 4.88 Å². The summed E-state index contributed by atoms with van der Waals surface area (Å²) in [7, 11) is 0. The number of aryl methyl sites for hydroxylation is 2. The Morgan fingerprint density at radius 2 is 1.74 bits per heavy atom. The maximum absolute atomic E-state index is 12.5. The van der Waals surface area contributed by atoms with Crippen LogP contribution < -0.4 is 0 Å². The molecule has 0 aliphatic rings. The zero-order valence-corrected chi connectivity index (χ0v) is 11.8. The summed E-state index contributed by atoms with van der Waals surface area (Å²) in [6.45, 7) is 4.10. The molecule has 0 saturated heterocycles. The Kier molecular flexibility index (Phi) is 2.96. The highest BCUT2D eigenvalue weighted by Gasteiger charge is 2.13. The molecule has 19 heavy (non-hydrogen) atoms. The van der Waals surface area contributed by atoms with Gasteiger partial charge in [0.1, 0.15) is 0 Å². The number of thiophene rings is 1. The third-order valence-corrected chi connectivity index (χ3v) is 4.53. The van der Waals surface area contributed by atoms with Crippen molar-refractivity contribution >= 4 is 27.2 Å². The van der Waals surface area contributed by atoms with Crippen molar-refractivity contribution in [3.05, 3.63) is 70.1 Å². The molecule has 0 aliphatic heterocycles. The van der Waals surface area contributed by atoms with Crippen molar-refractivity contribution in [3.8, 4) is 0 Å². The number of ketones is 1. The molecule has 0 saturated carbocycles. The van der Waals surface area contributed by atoms with Crippen LogP contribution in [-0.2, 0) is 0 Å². The second-order valence-electron chi connectivity index (χ2n) is 4.78. The standard InChI is InChI=1S/C17H14OS/c1-11-7-8-14(9-12(11)2)17(18)16-10-13-5-3-4-6-15(13)19-16/h3-10H,1-2H3. The van der Waals surface area contributed by atoms with Gasteiger partial charge < -0.3 is 0 Å². The van der Waals surface area contributed by atoms with Gasteiger partial charge in [-0.3, -0.25) is 4.79 Å². The Bertz CT molecular complexity index is 735. The average molecular weight is 266 g/mol. The van der Waals surface area contributed by atoms with Crippen LogP contribution in [0.5, 0.6) is 0 Å². The van der Waals surface area contributed by atoms with Crippen LogP contribution in [0.15, 0.2) is 48.5 Å². The van der Waals surface area contributed by atoms with Gasteiger partial charge in [0.2, 0.25) is 5.78 Å². The lowest BCUT2D eigenvalue weighted by Crippen LogP contribution is -1.99. The van der Waals surface area contributed by atoms with E-state index in [1.165, 1.54) is 5.56 Å². The van der Waals surface area contributed by atoms with E-state index in [2.05, 4.69) is 13.0 Å². The summed E-state index contributed by atoms with van der Waals surface area (Å²) in [5, 5.41) is 1.14. The van der Waals surface area contributed by atoms with E-state index in [4.69, 9.17) is 0 Å². The van der Waals surface area contributed by atoms with Crippen molar-refractivity contribution in [3.63, 3.8) is 0 Å². The number of hydrogen-bond donors (Lipinski definition) is 0. The second kappa shape index (κ2) is 4.63. The van der Waals surface area contributed by atoms with Crippen molar-refractivity contribution in [2.24, 2.45) is 0 Å². The first-order valence-corrected chi connectivity index (χ1v) is 7.07. The summed E-state index contributed by atoms with van der Waals surface area (Å²) in [5.74, 6) is 0.115. The molecule has 3 rings (SSSR count). The highest BCUT2D eigenvalue weighted by atomic mass is 32.1. The molecule has 2 heteroatoms. The molecule has 1 heterocycles. The molecule has 0 amide bonds.